The smallest absolute Gasteiger partial charge is 0.305 e. The maximum atomic E-state index is 12.5. The van der Waals surface area contributed by atoms with Gasteiger partial charge < -0.3 is 20.3 Å². The van der Waals surface area contributed by atoms with Gasteiger partial charge in [0, 0.05) is 12.8 Å². The summed E-state index contributed by atoms with van der Waals surface area (Å²) in [6, 6.07) is -0.548. The summed E-state index contributed by atoms with van der Waals surface area (Å²) in [5.41, 5.74) is 0. The topological polar surface area (TPSA) is 95.9 Å². The minimum Gasteiger partial charge on any atom is -0.466 e. The monoisotopic (exact) mass is 1000 g/mol. The molecule has 6 nitrogen and oxygen atoms in total. The second-order valence-corrected chi connectivity index (χ2v) is 22.5. The second-order valence-electron chi connectivity index (χ2n) is 22.5. The van der Waals surface area contributed by atoms with E-state index < -0.39 is 12.1 Å². The van der Waals surface area contributed by atoms with Crippen LogP contribution in [0.25, 0.3) is 0 Å². The molecule has 0 saturated heterocycles. The maximum Gasteiger partial charge on any atom is 0.305 e. The van der Waals surface area contributed by atoms with Crippen molar-refractivity contribution in [1.29, 1.82) is 0 Å². The quantitative estimate of drug-likeness (QED) is 0.0320. The molecule has 422 valence electrons. The Labute approximate surface area is 444 Å². The summed E-state index contributed by atoms with van der Waals surface area (Å²) in [5.74, 6) is -0.0323. The van der Waals surface area contributed by atoms with Gasteiger partial charge in [0.15, 0.2) is 0 Å². The lowest BCUT2D eigenvalue weighted by Crippen LogP contribution is -2.45. The summed E-state index contributed by atoms with van der Waals surface area (Å²) < 4.78 is 5.49. The fourth-order valence-corrected chi connectivity index (χ4v) is 10.3. The standard InChI is InChI=1S/C65H127NO5/c1-3-5-7-9-11-13-15-17-19-21-23-26-29-33-37-41-45-49-53-57-63(68)62(61-67)66-64(69)58-54-50-46-42-38-34-30-27-24-22-25-28-32-36-40-44-48-52-56-60-71-65(70)59-55-51-47-43-39-35-31-20-18-16-14-12-10-8-6-4-2/h22,24,62-63,67-68H,3-21,23,25-61H2,1-2H3,(H,66,69)/b24-22-. The average Bonchev–Trinajstić information content (AvgIpc) is 3.37. The Morgan fingerprint density at radius 2 is 0.662 bits per heavy atom. The fourth-order valence-electron chi connectivity index (χ4n) is 10.3. The van der Waals surface area contributed by atoms with E-state index in [0.29, 0.717) is 25.9 Å². The first kappa shape index (κ1) is 69.6. The Kier molecular flexibility index (Phi) is 59.9. The molecule has 2 unspecified atom stereocenters. The number of aliphatic hydroxyl groups is 2. The van der Waals surface area contributed by atoms with Gasteiger partial charge in [-0.1, -0.05) is 315 Å². The Hall–Kier alpha value is -1.40. The van der Waals surface area contributed by atoms with Crippen LogP contribution in [0, 0.1) is 0 Å². The van der Waals surface area contributed by atoms with Crippen LogP contribution in [-0.4, -0.2) is 47.4 Å². The average molecular weight is 1000 g/mol. The SMILES string of the molecule is CCCCCCCCCCCCCCCCCCCCCC(O)C(CO)NC(=O)CCCCCCCCC/C=C\CCCCCCCCCCOC(=O)CCCCCCCCCCCCCCCCCC. The van der Waals surface area contributed by atoms with E-state index in [2.05, 4.69) is 31.3 Å². The number of esters is 1. The molecule has 0 aromatic heterocycles. The maximum absolute atomic E-state index is 12.5. The largest absolute Gasteiger partial charge is 0.466 e. The Morgan fingerprint density at radius 1 is 0.380 bits per heavy atom. The molecule has 0 aliphatic rings. The predicted octanol–water partition coefficient (Wildman–Crippen LogP) is 20.4. The minimum atomic E-state index is -0.670. The zero-order valence-electron chi connectivity index (χ0n) is 48.2. The third-order valence-electron chi connectivity index (χ3n) is 15.3. The summed E-state index contributed by atoms with van der Waals surface area (Å²) in [6.45, 7) is 4.98. The molecule has 0 spiro atoms. The number of unbranched alkanes of at least 4 members (excludes halogenated alkanes) is 48. The van der Waals surface area contributed by atoms with Gasteiger partial charge in [-0.05, 0) is 51.4 Å². The van der Waals surface area contributed by atoms with Crippen molar-refractivity contribution in [2.75, 3.05) is 13.2 Å². The molecule has 2 atom stereocenters. The molecular weight excluding hydrogens is 875 g/mol. The number of aliphatic hydroxyl groups excluding tert-OH is 2. The van der Waals surface area contributed by atoms with E-state index >= 15 is 0 Å². The van der Waals surface area contributed by atoms with Gasteiger partial charge in [0.25, 0.3) is 0 Å². The van der Waals surface area contributed by atoms with Gasteiger partial charge in [-0.15, -0.1) is 0 Å². The van der Waals surface area contributed by atoms with E-state index in [1.54, 1.807) is 0 Å². The Morgan fingerprint density at radius 3 is 1.00 bits per heavy atom. The predicted molar refractivity (Wildman–Crippen MR) is 310 cm³/mol. The molecule has 3 N–H and O–H groups in total. The lowest BCUT2D eigenvalue weighted by atomic mass is 10.0. The molecule has 71 heavy (non-hydrogen) atoms. The molecule has 0 saturated carbocycles. The van der Waals surface area contributed by atoms with E-state index in [4.69, 9.17) is 4.74 Å². The Balaban J connectivity index is 3.42. The third kappa shape index (κ3) is 57.7. The van der Waals surface area contributed by atoms with Crippen molar-refractivity contribution >= 4 is 11.9 Å². The van der Waals surface area contributed by atoms with Gasteiger partial charge in [0.05, 0.1) is 25.4 Å². The lowest BCUT2D eigenvalue weighted by Gasteiger charge is -2.22. The van der Waals surface area contributed by atoms with E-state index in [1.807, 2.05) is 0 Å². The third-order valence-corrected chi connectivity index (χ3v) is 15.3. The van der Waals surface area contributed by atoms with Gasteiger partial charge >= 0.3 is 5.97 Å². The van der Waals surface area contributed by atoms with E-state index in [9.17, 15) is 19.8 Å². The van der Waals surface area contributed by atoms with Gasteiger partial charge in [0.1, 0.15) is 0 Å². The van der Waals surface area contributed by atoms with Gasteiger partial charge in [0.2, 0.25) is 5.91 Å². The van der Waals surface area contributed by atoms with Crippen LogP contribution in [0.4, 0.5) is 0 Å². The van der Waals surface area contributed by atoms with Gasteiger partial charge in [-0.25, -0.2) is 0 Å². The minimum absolute atomic E-state index is 0.00844. The van der Waals surface area contributed by atoms with Crippen molar-refractivity contribution in [3.8, 4) is 0 Å². The summed E-state index contributed by atoms with van der Waals surface area (Å²) in [6.07, 6.45) is 73.7. The van der Waals surface area contributed by atoms with Crippen LogP contribution in [0.15, 0.2) is 12.2 Å². The van der Waals surface area contributed by atoms with Crippen LogP contribution in [0.2, 0.25) is 0 Å². The summed E-state index contributed by atoms with van der Waals surface area (Å²) in [5, 5.41) is 23.4. The van der Waals surface area contributed by atoms with Crippen molar-refractivity contribution in [3.05, 3.63) is 12.2 Å². The molecule has 1 amide bonds. The lowest BCUT2D eigenvalue weighted by molar-refractivity contribution is -0.143. The molecule has 0 heterocycles. The molecule has 0 aliphatic heterocycles. The van der Waals surface area contributed by atoms with E-state index in [-0.39, 0.29) is 18.5 Å². The zero-order chi connectivity index (χ0) is 51.4. The van der Waals surface area contributed by atoms with Crippen LogP contribution in [0.5, 0.6) is 0 Å². The molecule has 0 bridgehead atoms. The number of ether oxygens (including phenoxy) is 1. The fraction of sp³-hybridized carbons (Fsp3) is 0.938. The molecular formula is C65H127NO5. The normalized spacial score (nSPS) is 12.6. The first-order valence-corrected chi connectivity index (χ1v) is 32.4. The molecule has 0 aromatic rings. The van der Waals surface area contributed by atoms with Crippen LogP contribution in [-0.2, 0) is 14.3 Å². The highest BCUT2D eigenvalue weighted by atomic mass is 16.5. The number of carbonyl (C=O) groups excluding carboxylic acids is 2. The van der Waals surface area contributed by atoms with Crippen molar-refractivity contribution in [1.82, 2.24) is 5.32 Å². The molecule has 6 heteroatoms. The van der Waals surface area contributed by atoms with Crippen molar-refractivity contribution in [2.45, 2.75) is 379 Å². The number of amides is 1. The highest BCUT2D eigenvalue weighted by Crippen LogP contribution is 2.18. The zero-order valence-corrected chi connectivity index (χ0v) is 48.2. The van der Waals surface area contributed by atoms with E-state index in [0.717, 1.165) is 38.5 Å². The van der Waals surface area contributed by atoms with Gasteiger partial charge in [-0.3, -0.25) is 9.59 Å². The number of rotatable bonds is 61. The number of carbonyl (C=O) groups is 2. The van der Waals surface area contributed by atoms with Crippen molar-refractivity contribution in [2.24, 2.45) is 0 Å². The number of hydrogen-bond acceptors (Lipinski definition) is 5. The molecule has 0 fully saturated rings. The van der Waals surface area contributed by atoms with Gasteiger partial charge in [-0.2, -0.15) is 0 Å². The second kappa shape index (κ2) is 61.1. The first-order valence-electron chi connectivity index (χ1n) is 32.4. The first-order chi connectivity index (χ1) is 35.0. The van der Waals surface area contributed by atoms with Crippen LogP contribution in [0.1, 0.15) is 367 Å². The van der Waals surface area contributed by atoms with Crippen LogP contribution in [0.3, 0.4) is 0 Å². The van der Waals surface area contributed by atoms with Crippen molar-refractivity contribution < 1.29 is 24.5 Å². The number of allylic oxidation sites excluding steroid dienone is 2. The van der Waals surface area contributed by atoms with Crippen LogP contribution >= 0.6 is 0 Å². The van der Waals surface area contributed by atoms with Crippen molar-refractivity contribution in [3.63, 3.8) is 0 Å². The molecule has 0 aromatic carbocycles. The molecule has 0 radical (unpaired) electrons. The summed E-state index contributed by atoms with van der Waals surface area (Å²) >= 11 is 0. The summed E-state index contributed by atoms with van der Waals surface area (Å²) in [7, 11) is 0. The highest BCUT2D eigenvalue weighted by Gasteiger charge is 2.20. The van der Waals surface area contributed by atoms with E-state index in [1.165, 1.54) is 295 Å². The number of nitrogens with one attached hydrogen (secondary N) is 1. The molecule has 0 rings (SSSR count). The highest BCUT2D eigenvalue weighted by molar-refractivity contribution is 5.76. The number of hydrogen-bond donors (Lipinski definition) is 3. The van der Waals surface area contributed by atoms with Crippen LogP contribution < -0.4 is 5.32 Å². The summed E-state index contributed by atoms with van der Waals surface area (Å²) in [4.78, 5) is 24.6. The Bertz CT molecular complexity index is 1060. The molecule has 0 aliphatic carbocycles.